The molecule has 45 heavy (non-hydrogen) atoms. The Morgan fingerprint density at radius 3 is 2.31 bits per heavy atom. The zero-order valence-electron chi connectivity index (χ0n) is 24.6. The highest BCUT2D eigenvalue weighted by atomic mass is 35.5. The van der Waals surface area contributed by atoms with Crippen molar-refractivity contribution in [3.8, 4) is 28.6 Å². The molecular weight excluding hydrogens is 621 g/mol. The second-order valence-corrected chi connectivity index (χ2v) is 12.2. The number of halogens is 2. The van der Waals surface area contributed by atoms with E-state index in [4.69, 9.17) is 30.8 Å². The molecule has 0 radical (unpaired) electrons. The van der Waals surface area contributed by atoms with E-state index in [-0.39, 0.29) is 34.7 Å². The number of anilines is 1. The van der Waals surface area contributed by atoms with Crippen LogP contribution in [0.5, 0.6) is 11.5 Å². The maximum Gasteiger partial charge on any atom is 0.305 e. The average Bonchev–Trinajstić information content (AvgIpc) is 3.41. The predicted molar refractivity (Wildman–Crippen MR) is 171 cm³/mol. The minimum absolute atomic E-state index is 0.0246. The van der Waals surface area contributed by atoms with Gasteiger partial charge >= 0.3 is 5.97 Å². The van der Waals surface area contributed by atoms with Gasteiger partial charge in [-0.25, -0.2) is 17.8 Å². The van der Waals surface area contributed by atoms with Crippen molar-refractivity contribution in [2.75, 3.05) is 25.5 Å². The second kappa shape index (κ2) is 14.0. The minimum Gasteiger partial charge on any atom is -0.497 e. The van der Waals surface area contributed by atoms with Crippen LogP contribution >= 0.6 is 11.6 Å². The summed E-state index contributed by atoms with van der Waals surface area (Å²) in [5, 5.41) is 0.406. The van der Waals surface area contributed by atoms with Crippen LogP contribution in [-0.2, 0) is 19.6 Å². The lowest BCUT2D eigenvalue weighted by Gasteiger charge is -2.15. The molecule has 0 unspecified atom stereocenters. The van der Waals surface area contributed by atoms with Crippen LogP contribution in [-0.4, -0.2) is 44.8 Å². The number of sulfonamides is 1. The number of hydrogen-bond acceptors (Lipinski definition) is 7. The van der Waals surface area contributed by atoms with Gasteiger partial charge in [0.1, 0.15) is 23.1 Å². The molecular formula is C33H31ClFN3O6S. The Kier molecular flexibility index (Phi) is 9.90. The summed E-state index contributed by atoms with van der Waals surface area (Å²) >= 11 is 5.98. The van der Waals surface area contributed by atoms with E-state index in [2.05, 4.69) is 4.72 Å². The first-order valence-electron chi connectivity index (χ1n) is 14.1. The van der Waals surface area contributed by atoms with Gasteiger partial charge in [-0.15, -0.1) is 0 Å². The number of hydrogen-bond donors (Lipinski definition) is 1. The number of aromatic nitrogens is 2. The second-order valence-electron chi connectivity index (χ2n) is 10.1. The molecule has 0 spiro atoms. The van der Waals surface area contributed by atoms with Gasteiger partial charge in [-0.1, -0.05) is 11.6 Å². The highest BCUT2D eigenvalue weighted by Crippen LogP contribution is 2.37. The van der Waals surface area contributed by atoms with Gasteiger partial charge in [0.25, 0.3) is 10.0 Å². The fourth-order valence-electron chi connectivity index (χ4n) is 4.74. The molecule has 0 saturated carbocycles. The molecule has 12 heteroatoms. The van der Waals surface area contributed by atoms with Crippen molar-refractivity contribution in [3.05, 3.63) is 95.8 Å². The summed E-state index contributed by atoms with van der Waals surface area (Å²) in [5.74, 6) is 0.813. The molecule has 0 amide bonds. The molecule has 0 bridgehead atoms. The molecule has 9 nitrogen and oxygen atoms in total. The number of carbonyl (C=O) groups excluding carboxylic acids is 1. The largest absolute Gasteiger partial charge is 0.497 e. The van der Waals surface area contributed by atoms with Crippen LogP contribution in [0.2, 0.25) is 5.02 Å². The number of esters is 1. The quantitative estimate of drug-likeness (QED) is 0.104. The number of unbranched alkanes of at least 4 members (excludes halogenated alkanes) is 2. The number of carbonyl (C=O) groups is 1. The molecule has 0 saturated heterocycles. The molecule has 4 aromatic carbocycles. The third kappa shape index (κ3) is 7.55. The Morgan fingerprint density at radius 1 is 0.933 bits per heavy atom. The number of nitrogens with zero attached hydrogens (tertiary/aromatic N) is 2. The fraction of sp³-hybridized carbons (Fsp3) is 0.212. The molecule has 0 aliphatic heterocycles. The number of fused-ring (bicyclic) bond motifs is 1. The molecule has 234 valence electrons. The monoisotopic (exact) mass is 651 g/mol. The van der Waals surface area contributed by atoms with Crippen molar-refractivity contribution in [3.63, 3.8) is 0 Å². The number of benzene rings is 4. The van der Waals surface area contributed by atoms with Crippen molar-refractivity contribution in [2.24, 2.45) is 0 Å². The third-order valence-electron chi connectivity index (χ3n) is 7.07. The molecule has 5 aromatic rings. The summed E-state index contributed by atoms with van der Waals surface area (Å²) in [5.41, 5.74) is 2.71. The average molecular weight is 652 g/mol. The number of methoxy groups -OCH3 is 2. The Morgan fingerprint density at radius 2 is 1.64 bits per heavy atom. The number of nitrogens with one attached hydrogen (secondary N) is 1. The van der Waals surface area contributed by atoms with Crippen LogP contribution in [0.3, 0.4) is 0 Å². The number of ether oxygens (including phenoxy) is 3. The maximum absolute atomic E-state index is 13.8. The molecule has 0 fully saturated rings. The summed E-state index contributed by atoms with van der Waals surface area (Å²) < 4.78 is 61.4. The van der Waals surface area contributed by atoms with E-state index < -0.39 is 10.0 Å². The first-order valence-corrected chi connectivity index (χ1v) is 16.0. The molecule has 0 aliphatic rings. The molecule has 5 rings (SSSR count). The Balaban J connectivity index is 1.58. The topological polar surface area (TPSA) is 109 Å². The third-order valence-corrected chi connectivity index (χ3v) is 8.70. The van der Waals surface area contributed by atoms with Crippen molar-refractivity contribution < 1.29 is 31.8 Å². The van der Waals surface area contributed by atoms with Crippen molar-refractivity contribution >= 4 is 44.3 Å². The van der Waals surface area contributed by atoms with Gasteiger partial charge in [-0.05, 0) is 98.1 Å². The fourth-order valence-corrected chi connectivity index (χ4v) is 5.93. The summed E-state index contributed by atoms with van der Waals surface area (Å²) in [4.78, 5) is 16.3. The molecule has 0 atom stereocenters. The highest BCUT2D eigenvalue weighted by Gasteiger charge is 2.22. The van der Waals surface area contributed by atoms with E-state index in [0.717, 1.165) is 5.69 Å². The van der Waals surface area contributed by atoms with E-state index in [1.54, 1.807) is 31.4 Å². The van der Waals surface area contributed by atoms with Crippen LogP contribution in [0.1, 0.15) is 25.7 Å². The number of rotatable bonds is 13. The van der Waals surface area contributed by atoms with E-state index in [0.29, 0.717) is 58.9 Å². The van der Waals surface area contributed by atoms with Crippen LogP contribution in [0.25, 0.3) is 28.1 Å². The van der Waals surface area contributed by atoms with Crippen molar-refractivity contribution in [2.45, 2.75) is 30.6 Å². The van der Waals surface area contributed by atoms with E-state index >= 15 is 0 Å². The van der Waals surface area contributed by atoms with E-state index in [1.807, 2.05) is 28.8 Å². The molecule has 1 heterocycles. The molecule has 1 aromatic heterocycles. The van der Waals surface area contributed by atoms with Gasteiger partial charge in [-0.2, -0.15) is 0 Å². The van der Waals surface area contributed by atoms with E-state index in [9.17, 15) is 17.6 Å². The molecule has 1 N–H and O–H groups in total. The van der Waals surface area contributed by atoms with Gasteiger partial charge in [0.15, 0.2) is 0 Å². The maximum atomic E-state index is 13.8. The standard InChI is InChI=1S/C33H31ClFN3O6S/c1-42-26-15-13-25(14-16-26)38-30-21-31(44-19-5-3-4-6-32(39)43-2)29(37-45(40,41)27-17-9-23(34)10-18-27)20-28(30)36-33(38)22-7-11-24(35)12-8-22/h7-18,20-21,37H,3-6,19H2,1-2H3. The lowest BCUT2D eigenvalue weighted by Crippen LogP contribution is -2.14. The first kappa shape index (κ1) is 31.8. The Hall–Kier alpha value is -4.61. The van der Waals surface area contributed by atoms with Crippen LogP contribution in [0, 0.1) is 5.82 Å². The number of imidazole rings is 1. The van der Waals surface area contributed by atoms with Gasteiger partial charge in [0, 0.05) is 28.8 Å². The van der Waals surface area contributed by atoms with E-state index in [1.165, 1.54) is 43.5 Å². The van der Waals surface area contributed by atoms with Gasteiger partial charge in [0.05, 0.1) is 42.4 Å². The van der Waals surface area contributed by atoms with Gasteiger partial charge in [-0.3, -0.25) is 14.1 Å². The van der Waals surface area contributed by atoms with Crippen LogP contribution in [0.4, 0.5) is 10.1 Å². The van der Waals surface area contributed by atoms with Crippen LogP contribution < -0.4 is 14.2 Å². The van der Waals surface area contributed by atoms with Gasteiger partial charge < -0.3 is 14.2 Å². The summed E-state index contributed by atoms with van der Waals surface area (Å²) in [6.45, 7) is 0.268. The zero-order chi connectivity index (χ0) is 32.0. The lowest BCUT2D eigenvalue weighted by molar-refractivity contribution is -0.140. The normalized spacial score (nSPS) is 11.4. The SMILES string of the molecule is COC(=O)CCCCCOc1cc2c(cc1NS(=O)(=O)c1ccc(Cl)cc1)nc(-c1ccc(F)cc1)n2-c1ccc(OC)cc1. The first-order chi connectivity index (χ1) is 21.7. The van der Waals surface area contributed by atoms with Crippen LogP contribution in [0.15, 0.2) is 89.8 Å². The zero-order valence-corrected chi connectivity index (χ0v) is 26.2. The Labute approximate surface area is 265 Å². The highest BCUT2D eigenvalue weighted by molar-refractivity contribution is 7.92. The minimum atomic E-state index is -4.02. The lowest BCUT2D eigenvalue weighted by atomic mass is 10.2. The summed E-state index contributed by atoms with van der Waals surface area (Å²) in [6, 6.07) is 22.5. The van der Waals surface area contributed by atoms with Crippen molar-refractivity contribution in [1.82, 2.24) is 9.55 Å². The smallest absolute Gasteiger partial charge is 0.305 e. The molecule has 0 aliphatic carbocycles. The summed E-state index contributed by atoms with van der Waals surface area (Å²) in [7, 11) is -1.09. The van der Waals surface area contributed by atoms with Gasteiger partial charge in [0.2, 0.25) is 0 Å². The summed E-state index contributed by atoms with van der Waals surface area (Å²) in [6.07, 6.45) is 2.27. The van der Waals surface area contributed by atoms with Crippen molar-refractivity contribution in [1.29, 1.82) is 0 Å². The predicted octanol–water partition coefficient (Wildman–Crippen LogP) is 7.41. The Bertz CT molecular complexity index is 1890.